The summed E-state index contributed by atoms with van der Waals surface area (Å²) >= 11 is 0. The molecular formula is C12H16O. The Hall–Kier alpha value is -0.980. The zero-order chi connectivity index (χ0) is 9.10. The lowest BCUT2D eigenvalue weighted by atomic mass is 10.2. The van der Waals surface area contributed by atoms with Crippen LogP contribution in [-0.4, -0.2) is 6.61 Å². The predicted molar refractivity (Wildman–Crippen MR) is 54.0 cm³/mol. The highest BCUT2D eigenvalue weighted by atomic mass is 16.5. The normalized spacial score (nSPS) is 15.8. The average Bonchev–Trinajstić information content (AvgIpc) is 2.99. The maximum atomic E-state index is 5.63. The van der Waals surface area contributed by atoms with Crippen molar-refractivity contribution >= 4 is 0 Å². The van der Waals surface area contributed by atoms with Crippen LogP contribution in [0.4, 0.5) is 0 Å². The van der Waals surface area contributed by atoms with Gasteiger partial charge in [-0.2, -0.15) is 0 Å². The highest BCUT2D eigenvalue weighted by Gasteiger charge is 2.21. The molecule has 1 aliphatic rings. The molecule has 0 radical (unpaired) electrons. The lowest BCUT2D eigenvalue weighted by Crippen LogP contribution is -1.98. The van der Waals surface area contributed by atoms with Gasteiger partial charge in [0.15, 0.2) is 0 Å². The summed E-state index contributed by atoms with van der Waals surface area (Å²) in [4.78, 5) is 0. The molecule has 1 heteroatoms. The highest BCUT2D eigenvalue weighted by molar-refractivity contribution is 5.27. The Labute approximate surface area is 79.7 Å². The van der Waals surface area contributed by atoms with Crippen molar-refractivity contribution in [1.82, 2.24) is 0 Å². The van der Waals surface area contributed by atoms with Crippen molar-refractivity contribution in [2.24, 2.45) is 5.92 Å². The van der Waals surface area contributed by atoms with Crippen LogP contribution in [0.15, 0.2) is 24.3 Å². The Morgan fingerprint density at radius 2 is 1.92 bits per heavy atom. The molecule has 0 atom stereocenters. The topological polar surface area (TPSA) is 9.23 Å². The van der Waals surface area contributed by atoms with E-state index in [1.807, 2.05) is 0 Å². The van der Waals surface area contributed by atoms with Gasteiger partial charge in [0.1, 0.15) is 5.75 Å². The van der Waals surface area contributed by atoms with E-state index in [4.69, 9.17) is 4.74 Å². The van der Waals surface area contributed by atoms with Gasteiger partial charge in [0.2, 0.25) is 0 Å². The van der Waals surface area contributed by atoms with Gasteiger partial charge in [0.05, 0.1) is 6.61 Å². The Bertz CT molecular complexity index is 259. The predicted octanol–water partition coefficient (Wildman–Crippen LogP) is 3.04. The Morgan fingerprint density at radius 1 is 1.23 bits per heavy atom. The molecular weight excluding hydrogens is 160 g/mol. The first-order valence-electron chi connectivity index (χ1n) is 5.10. The van der Waals surface area contributed by atoms with Crippen LogP contribution in [0.2, 0.25) is 0 Å². The first-order valence-corrected chi connectivity index (χ1v) is 5.10. The van der Waals surface area contributed by atoms with Crippen LogP contribution in [0.3, 0.4) is 0 Å². The molecule has 1 aromatic carbocycles. The van der Waals surface area contributed by atoms with E-state index in [0.29, 0.717) is 0 Å². The molecule has 0 bridgehead atoms. The molecule has 1 aliphatic carbocycles. The van der Waals surface area contributed by atoms with E-state index in [0.717, 1.165) is 24.7 Å². The van der Waals surface area contributed by atoms with E-state index in [-0.39, 0.29) is 0 Å². The molecule has 1 nitrogen and oxygen atoms in total. The molecule has 1 aromatic rings. The van der Waals surface area contributed by atoms with Crippen molar-refractivity contribution in [3.05, 3.63) is 29.8 Å². The maximum absolute atomic E-state index is 5.63. The summed E-state index contributed by atoms with van der Waals surface area (Å²) < 4.78 is 5.63. The number of ether oxygens (including phenoxy) is 1. The first-order chi connectivity index (χ1) is 6.38. The van der Waals surface area contributed by atoms with Gasteiger partial charge in [0.25, 0.3) is 0 Å². The largest absolute Gasteiger partial charge is 0.493 e. The molecule has 1 fully saturated rings. The van der Waals surface area contributed by atoms with Crippen molar-refractivity contribution in [2.75, 3.05) is 6.61 Å². The molecule has 0 aromatic heterocycles. The Balaban J connectivity index is 1.88. The summed E-state index contributed by atoms with van der Waals surface area (Å²) in [5.41, 5.74) is 1.37. The summed E-state index contributed by atoms with van der Waals surface area (Å²) in [6.07, 6.45) is 3.81. The van der Waals surface area contributed by atoms with Gasteiger partial charge < -0.3 is 4.74 Å². The fourth-order valence-corrected chi connectivity index (χ4v) is 1.32. The molecule has 0 saturated heterocycles. The van der Waals surface area contributed by atoms with Crippen molar-refractivity contribution in [3.8, 4) is 5.75 Å². The lowest BCUT2D eigenvalue weighted by Gasteiger charge is -2.05. The van der Waals surface area contributed by atoms with Gasteiger partial charge in [0, 0.05) is 0 Å². The number of aryl methyl sites for hydroxylation is 1. The van der Waals surface area contributed by atoms with Crippen LogP contribution >= 0.6 is 0 Å². The zero-order valence-electron chi connectivity index (χ0n) is 8.12. The summed E-state index contributed by atoms with van der Waals surface area (Å²) in [6, 6.07) is 8.42. The van der Waals surface area contributed by atoms with Crippen LogP contribution < -0.4 is 4.74 Å². The second-order valence-electron chi connectivity index (χ2n) is 3.75. The number of hydrogen-bond acceptors (Lipinski definition) is 1. The SMILES string of the molecule is CCc1ccc(OCC2CC2)cc1. The molecule has 0 amide bonds. The minimum absolute atomic E-state index is 0.839. The van der Waals surface area contributed by atoms with E-state index < -0.39 is 0 Å². The second kappa shape index (κ2) is 3.82. The number of rotatable bonds is 4. The van der Waals surface area contributed by atoms with Gasteiger partial charge in [-0.05, 0) is 42.9 Å². The lowest BCUT2D eigenvalue weighted by molar-refractivity contribution is 0.299. The quantitative estimate of drug-likeness (QED) is 0.685. The third kappa shape index (κ3) is 2.48. The maximum Gasteiger partial charge on any atom is 0.119 e. The molecule has 1 saturated carbocycles. The van der Waals surface area contributed by atoms with Gasteiger partial charge >= 0.3 is 0 Å². The van der Waals surface area contributed by atoms with Crippen molar-refractivity contribution in [1.29, 1.82) is 0 Å². The van der Waals surface area contributed by atoms with Crippen molar-refractivity contribution in [2.45, 2.75) is 26.2 Å². The monoisotopic (exact) mass is 176 g/mol. The molecule has 13 heavy (non-hydrogen) atoms. The fraction of sp³-hybridized carbons (Fsp3) is 0.500. The third-order valence-corrected chi connectivity index (χ3v) is 2.51. The van der Waals surface area contributed by atoms with Crippen LogP contribution in [0.25, 0.3) is 0 Å². The van der Waals surface area contributed by atoms with Gasteiger partial charge in [-0.3, -0.25) is 0 Å². The zero-order valence-corrected chi connectivity index (χ0v) is 8.12. The molecule has 70 valence electrons. The minimum atomic E-state index is 0.839. The van der Waals surface area contributed by atoms with Gasteiger partial charge in [-0.1, -0.05) is 19.1 Å². The summed E-state index contributed by atoms with van der Waals surface area (Å²) in [5, 5.41) is 0. The molecule has 2 rings (SSSR count). The Morgan fingerprint density at radius 3 is 2.46 bits per heavy atom. The van der Waals surface area contributed by atoms with E-state index in [2.05, 4.69) is 31.2 Å². The van der Waals surface area contributed by atoms with Crippen LogP contribution in [0.5, 0.6) is 5.75 Å². The van der Waals surface area contributed by atoms with E-state index in [9.17, 15) is 0 Å². The third-order valence-electron chi connectivity index (χ3n) is 2.51. The van der Waals surface area contributed by atoms with E-state index in [1.165, 1.54) is 18.4 Å². The molecule has 0 unspecified atom stereocenters. The average molecular weight is 176 g/mol. The summed E-state index contributed by atoms with van der Waals surface area (Å²) in [7, 11) is 0. The molecule has 0 heterocycles. The summed E-state index contributed by atoms with van der Waals surface area (Å²) in [6.45, 7) is 3.07. The Kier molecular flexibility index (Phi) is 2.53. The molecule has 0 spiro atoms. The standard InChI is InChI=1S/C12H16O/c1-2-10-5-7-12(8-6-10)13-9-11-3-4-11/h5-8,11H,2-4,9H2,1H3. The number of benzene rings is 1. The van der Waals surface area contributed by atoms with Crippen LogP contribution in [0.1, 0.15) is 25.3 Å². The fourth-order valence-electron chi connectivity index (χ4n) is 1.32. The van der Waals surface area contributed by atoms with E-state index >= 15 is 0 Å². The number of hydrogen-bond donors (Lipinski definition) is 0. The minimum Gasteiger partial charge on any atom is -0.493 e. The first kappa shape index (κ1) is 8.61. The second-order valence-corrected chi connectivity index (χ2v) is 3.75. The smallest absolute Gasteiger partial charge is 0.119 e. The van der Waals surface area contributed by atoms with Gasteiger partial charge in [-0.25, -0.2) is 0 Å². The van der Waals surface area contributed by atoms with Crippen molar-refractivity contribution < 1.29 is 4.74 Å². The molecule has 0 aliphatic heterocycles. The highest BCUT2D eigenvalue weighted by Crippen LogP contribution is 2.29. The molecule has 0 N–H and O–H groups in total. The van der Waals surface area contributed by atoms with E-state index in [1.54, 1.807) is 0 Å². The van der Waals surface area contributed by atoms with Crippen LogP contribution in [0, 0.1) is 5.92 Å². The summed E-state index contributed by atoms with van der Waals surface area (Å²) in [5.74, 6) is 1.86. The van der Waals surface area contributed by atoms with Gasteiger partial charge in [-0.15, -0.1) is 0 Å². The van der Waals surface area contributed by atoms with Crippen LogP contribution in [-0.2, 0) is 6.42 Å². The van der Waals surface area contributed by atoms with Crippen molar-refractivity contribution in [3.63, 3.8) is 0 Å².